The highest BCUT2D eigenvalue weighted by Gasteiger charge is 2.17. The zero-order chi connectivity index (χ0) is 13.9. The van der Waals surface area contributed by atoms with Crippen molar-refractivity contribution in [2.45, 2.75) is 19.9 Å². The third-order valence-corrected chi connectivity index (χ3v) is 5.05. The molecule has 1 aromatic carbocycles. The van der Waals surface area contributed by atoms with E-state index < -0.39 is 10.0 Å². The Hall–Kier alpha value is -1.46. The summed E-state index contributed by atoms with van der Waals surface area (Å²) in [6.45, 7) is 2.22. The molecule has 0 spiro atoms. The van der Waals surface area contributed by atoms with Crippen molar-refractivity contribution in [2.75, 3.05) is 12.8 Å². The molecule has 0 N–H and O–H groups in total. The van der Waals surface area contributed by atoms with Crippen molar-refractivity contribution < 1.29 is 8.42 Å². The molecule has 0 fully saturated rings. The number of benzene rings is 1. The van der Waals surface area contributed by atoms with Crippen LogP contribution in [0.3, 0.4) is 0 Å². The van der Waals surface area contributed by atoms with Crippen molar-refractivity contribution in [1.29, 1.82) is 0 Å². The molecule has 0 saturated carbocycles. The molecule has 0 aliphatic heterocycles. The highest BCUT2D eigenvalue weighted by atomic mass is 32.2. The lowest BCUT2D eigenvalue weighted by atomic mass is 10.1. The lowest BCUT2D eigenvalue weighted by molar-refractivity contribution is 0.467. The number of para-hydroxylation sites is 1. The third-order valence-electron chi connectivity index (χ3n) is 3.05. The third kappa shape index (κ3) is 3.11. The molecule has 0 aliphatic carbocycles. The summed E-state index contributed by atoms with van der Waals surface area (Å²) in [6, 6.07) is 9.69. The van der Waals surface area contributed by atoms with E-state index in [1.807, 2.05) is 37.3 Å². The Bertz CT molecular complexity index is 663. The molecule has 19 heavy (non-hydrogen) atoms. The molecule has 1 aromatic heterocycles. The van der Waals surface area contributed by atoms with Gasteiger partial charge in [0.2, 0.25) is 10.0 Å². The fraction of sp³-hybridized carbons (Fsp3) is 0.357. The normalized spacial score (nSPS) is 12.2. The molecular formula is C14H18N2O2S. The molecule has 0 saturated heterocycles. The maximum Gasteiger partial charge on any atom is 0.214 e. The summed E-state index contributed by atoms with van der Waals surface area (Å²) >= 11 is 0. The summed E-state index contributed by atoms with van der Waals surface area (Å²) in [5, 5.41) is 1.03. The van der Waals surface area contributed by atoms with Crippen LogP contribution in [0, 0.1) is 0 Å². The number of rotatable bonds is 5. The minimum absolute atomic E-state index is 0.182. The van der Waals surface area contributed by atoms with E-state index in [9.17, 15) is 8.42 Å². The first-order valence-electron chi connectivity index (χ1n) is 6.31. The maximum absolute atomic E-state index is 12.0. The van der Waals surface area contributed by atoms with Crippen molar-refractivity contribution in [3.63, 3.8) is 0 Å². The molecule has 0 bridgehead atoms. The zero-order valence-electron chi connectivity index (χ0n) is 11.2. The lowest BCUT2D eigenvalue weighted by Gasteiger charge is -2.17. The molecule has 0 atom stereocenters. The fourth-order valence-electron chi connectivity index (χ4n) is 2.05. The van der Waals surface area contributed by atoms with Crippen LogP contribution in [0.1, 0.15) is 18.9 Å². The fourth-order valence-corrected chi connectivity index (χ4v) is 3.21. The quantitative estimate of drug-likeness (QED) is 0.844. The van der Waals surface area contributed by atoms with E-state index in [-0.39, 0.29) is 5.75 Å². The Labute approximate surface area is 114 Å². The lowest BCUT2D eigenvalue weighted by Crippen LogP contribution is -2.28. The molecule has 102 valence electrons. The van der Waals surface area contributed by atoms with Gasteiger partial charge in [-0.05, 0) is 18.1 Å². The number of fused-ring (bicyclic) bond motifs is 1. The van der Waals surface area contributed by atoms with Gasteiger partial charge in [-0.15, -0.1) is 0 Å². The van der Waals surface area contributed by atoms with Gasteiger partial charge in [-0.1, -0.05) is 31.2 Å². The Morgan fingerprint density at radius 2 is 1.95 bits per heavy atom. The summed E-state index contributed by atoms with van der Waals surface area (Å²) in [5.74, 6) is 0.182. The SMILES string of the molecule is CCCS(=O)(=O)N(C)Cc1cccc2cccnc12. The first kappa shape index (κ1) is 14.0. The maximum atomic E-state index is 12.0. The van der Waals surface area contributed by atoms with Gasteiger partial charge in [-0.25, -0.2) is 12.7 Å². The van der Waals surface area contributed by atoms with Gasteiger partial charge in [0, 0.05) is 25.2 Å². The molecule has 4 nitrogen and oxygen atoms in total. The van der Waals surface area contributed by atoms with Crippen LogP contribution in [0.25, 0.3) is 10.9 Å². The van der Waals surface area contributed by atoms with Crippen LogP contribution in [0.15, 0.2) is 36.5 Å². The number of pyridine rings is 1. The Morgan fingerprint density at radius 3 is 2.68 bits per heavy atom. The summed E-state index contributed by atoms with van der Waals surface area (Å²) in [6.07, 6.45) is 2.35. The van der Waals surface area contributed by atoms with Gasteiger partial charge in [0.1, 0.15) is 0 Å². The summed E-state index contributed by atoms with van der Waals surface area (Å²) in [4.78, 5) is 4.34. The van der Waals surface area contributed by atoms with E-state index in [0.717, 1.165) is 16.5 Å². The van der Waals surface area contributed by atoms with Crippen LogP contribution in [0.2, 0.25) is 0 Å². The molecule has 1 heterocycles. The Balaban J connectivity index is 2.32. The second-order valence-electron chi connectivity index (χ2n) is 4.56. The van der Waals surface area contributed by atoms with Gasteiger partial charge >= 0.3 is 0 Å². The van der Waals surface area contributed by atoms with E-state index in [4.69, 9.17) is 0 Å². The molecule has 0 aliphatic rings. The van der Waals surface area contributed by atoms with Crippen molar-refractivity contribution in [3.8, 4) is 0 Å². The topological polar surface area (TPSA) is 50.3 Å². The summed E-state index contributed by atoms with van der Waals surface area (Å²) in [7, 11) is -1.55. The van der Waals surface area contributed by atoms with Gasteiger partial charge < -0.3 is 0 Å². The summed E-state index contributed by atoms with van der Waals surface area (Å²) in [5.41, 5.74) is 1.80. The molecule has 0 radical (unpaired) electrons. The zero-order valence-corrected chi connectivity index (χ0v) is 12.0. The van der Waals surface area contributed by atoms with Gasteiger partial charge in [-0.3, -0.25) is 4.98 Å². The minimum atomic E-state index is -3.17. The van der Waals surface area contributed by atoms with E-state index in [1.165, 1.54) is 4.31 Å². The van der Waals surface area contributed by atoms with E-state index in [0.29, 0.717) is 13.0 Å². The molecule has 0 unspecified atom stereocenters. The highest BCUT2D eigenvalue weighted by Crippen LogP contribution is 2.18. The predicted molar refractivity (Wildman–Crippen MR) is 77.3 cm³/mol. The standard InChI is InChI=1S/C14H18N2O2S/c1-3-10-19(17,18)16(2)11-13-7-4-6-12-8-5-9-15-14(12)13/h4-9H,3,10-11H2,1-2H3. The number of nitrogens with zero attached hydrogens (tertiary/aromatic N) is 2. The number of sulfonamides is 1. The number of aromatic nitrogens is 1. The van der Waals surface area contributed by atoms with E-state index in [1.54, 1.807) is 13.2 Å². The largest absolute Gasteiger partial charge is 0.256 e. The summed E-state index contributed by atoms with van der Waals surface area (Å²) < 4.78 is 25.4. The van der Waals surface area contributed by atoms with Crippen molar-refractivity contribution in [1.82, 2.24) is 9.29 Å². The highest BCUT2D eigenvalue weighted by molar-refractivity contribution is 7.89. The van der Waals surface area contributed by atoms with E-state index in [2.05, 4.69) is 4.98 Å². The minimum Gasteiger partial charge on any atom is -0.256 e. The van der Waals surface area contributed by atoms with Crippen LogP contribution in [-0.4, -0.2) is 30.5 Å². The Morgan fingerprint density at radius 1 is 1.21 bits per heavy atom. The molecule has 2 aromatic rings. The second kappa shape index (κ2) is 5.67. The van der Waals surface area contributed by atoms with Crippen molar-refractivity contribution in [2.24, 2.45) is 0 Å². The van der Waals surface area contributed by atoms with Crippen molar-refractivity contribution >= 4 is 20.9 Å². The first-order valence-corrected chi connectivity index (χ1v) is 7.92. The van der Waals surface area contributed by atoms with Crippen molar-refractivity contribution in [3.05, 3.63) is 42.1 Å². The van der Waals surface area contributed by atoms with Gasteiger partial charge in [0.05, 0.1) is 11.3 Å². The average molecular weight is 278 g/mol. The first-order chi connectivity index (χ1) is 9.04. The van der Waals surface area contributed by atoms with Crippen LogP contribution in [0.5, 0.6) is 0 Å². The molecule has 0 amide bonds. The van der Waals surface area contributed by atoms with E-state index >= 15 is 0 Å². The van der Waals surface area contributed by atoms with Crippen LogP contribution >= 0.6 is 0 Å². The molecule has 2 rings (SSSR count). The Kier molecular flexibility index (Phi) is 4.17. The molecule has 5 heteroatoms. The van der Waals surface area contributed by atoms with Gasteiger partial charge in [0.15, 0.2) is 0 Å². The van der Waals surface area contributed by atoms with Gasteiger partial charge in [0.25, 0.3) is 0 Å². The van der Waals surface area contributed by atoms with Crippen LogP contribution < -0.4 is 0 Å². The monoisotopic (exact) mass is 278 g/mol. The number of hydrogen-bond acceptors (Lipinski definition) is 3. The van der Waals surface area contributed by atoms with Crippen LogP contribution in [0.4, 0.5) is 0 Å². The predicted octanol–water partition coefficient (Wildman–Crippen LogP) is 2.41. The average Bonchev–Trinajstić information content (AvgIpc) is 2.39. The second-order valence-corrected chi connectivity index (χ2v) is 6.76. The smallest absolute Gasteiger partial charge is 0.214 e. The van der Waals surface area contributed by atoms with Gasteiger partial charge in [-0.2, -0.15) is 0 Å². The van der Waals surface area contributed by atoms with Crippen LogP contribution in [-0.2, 0) is 16.6 Å². The number of hydrogen-bond donors (Lipinski definition) is 0. The molecular weight excluding hydrogens is 260 g/mol.